The number of amides is 2. The van der Waals surface area contributed by atoms with Gasteiger partial charge in [0.1, 0.15) is 0 Å². The van der Waals surface area contributed by atoms with Crippen LogP contribution in [0.5, 0.6) is 0 Å². The summed E-state index contributed by atoms with van der Waals surface area (Å²) in [6.45, 7) is 0.431. The monoisotopic (exact) mass is 300 g/mol. The van der Waals surface area contributed by atoms with Crippen molar-refractivity contribution in [2.24, 2.45) is 0 Å². The van der Waals surface area contributed by atoms with Gasteiger partial charge in [-0.2, -0.15) is 0 Å². The number of benzene rings is 1. The topological polar surface area (TPSA) is 58.2 Å². The van der Waals surface area contributed by atoms with Crippen molar-refractivity contribution in [1.82, 2.24) is 10.6 Å². The van der Waals surface area contributed by atoms with Crippen LogP contribution in [0.3, 0.4) is 0 Å². The minimum atomic E-state index is -0.926. The van der Waals surface area contributed by atoms with Crippen molar-refractivity contribution in [1.29, 1.82) is 0 Å². The van der Waals surface area contributed by atoms with Crippen LogP contribution in [0.25, 0.3) is 0 Å². The fourth-order valence-electron chi connectivity index (χ4n) is 1.84. The number of halogens is 2. The number of hydrogen-bond donors (Lipinski definition) is 2. The van der Waals surface area contributed by atoms with Crippen LogP contribution in [-0.4, -0.2) is 30.2 Å². The second kappa shape index (κ2) is 6.69. The van der Waals surface area contributed by atoms with Gasteiger partial charge in [-0.25, -0.2) is 8.78 Å². The molecule has 1 heterocycles. The number of thioether (sulfide) groups is 1. The second-order valence-electron chi connectivity index (χ2n) is 4.47. The molecule has 108 valence electrons. The zero-order valence-electron chi connectivity index (χ0n) is 10.6. The first kappa shape index (κ1) is 14.8. The normalized spacial score (nSPS) is 18.5. The Morgan fingerprint density at radius 1 is 1.40 bits per heavy atom. The van der Waals surface area contributed by atoms with Gasteiger partial charge in [0, 0.05) is 23.9 Å². The van der Waals surface area contributed by atoms with Crippen LogP contribution in [0.4, 0.5) is 8.78 Å². The molecule has 1 unspecified atom stereocenters. The van der Waals surface area contributed by atoms with Gasteiger partial charge in [0.15, 0.2) is 11.6 Å². The largest absolute Gasteiger partial charge is 0.354 e. The summed E-state index contributed by atoms with van der Waals surface area (Å²) in [7, 11) is 0. The van der Waals surface area contributed by atoms with E-state index in [-0.39, 0.29) is 23.6 Å². The standard InChI is InChI=1S/C13H14F2N2O2S/c14-10-3-2-9(5-11(10)15)20-7-13(19)17-8-1-4-12(18)16-6-8/h2-3,5,8H,1,4,6-7H2,(H,16,18)(H,17,19). The van der Waals surface area contributed by atoms with E-state index in [1.807, 2.05) is 0 Å². The molecule has 1 aliphatic heterocycles. The Kier molecular flexibility index (Phi) is 4.94. The molecule has 1 fully saturated rings. The fourth-order valence-corrected chi connectivity index (χ4v) is 2.57. The van der Waals surface area contributed by atoms with Crippen molar-refractivity contribution in [3.05, 3.63) is 29.8 Å². The average molecular weight is 300 g/mol. The minimum Gasteiger partial charge on any atom is -0.354 e. The lowest BCUT2D eigenvalue weighted by Gasteiger charge is -2.23. The molecule has 0 bridgehead atoms. The molecular weight excluding hydrogens is 286 g/mol. The van der Waals surface area contributed by atoms with Crippen molar-refractivity contribution < 1.29 is 18.4 Å². The van der Waals surface area contributed by atoms with Crippen molar-refractivity contribution >= 4 is 23.6 Å². The minimum absolute atomic E-state index is 0.00772. The number of carbonyl (C=O) groups excluding carboxylic acids is 2. The zero-order chi connectivity index (χ0) is 14.5. The van der Waals surface area contributed by atoms with E-state index >= 15 is 0 Å². The Morgan fingerprint density at radius 2 is 2.20 bits per heavy atom. The van der Waals surface area contributed by atoms with Gasteiger partial charge in [-0.05, 0) is 24.6 Å². The first-order chi connectivity index (χ1) is 9.54. The van der Waals surface area contributed by atoms with Crippen molar-refractivity contribution in [3.63, 3.8) is 0 Å². The molecule has 1 aliphatic rings. The molecule has 20 heavy (non-hydrogen) atoms. The summed E-state index contributed by atoms with van der Waals surface area (Å²) in [5.41, 5.74) is 0. The molecule has 1 aromatic rings. The molecule has 2 N–H and O–H groups in total. The summed E-state index contributed by atoms with van der Waals surface area (Å²) in [4.78, 5) is 23.2. The van der Waals surface area contributed by atoms with E-state index in [0.717, 1.165) is 23.9 Å². The molecule has 2 amide bonds. The molecule has 1 saturated heterocycles. The van der Waals surface area contributed by atoms with Crippen LogP contribution in [0.15, 0.2) is 23.1 Å². The highest BCUT2D eigenvalue weighted by Gasteiger charge is 2.19. The quantitative estimate of drug-likeness (QED) is 0.828. The maximum Gasteiger partial charge on any atom is 0.230 e. The van der Waals surface area contributed by atoms with Crippen LogP contribution in [0.2, 0.25) is 0 Å². The first-order valence-corrected chi connectivity index (χ1v) is 7.17. The number of nitrogens with one attached hydrogen (secondary N) is 2. The summed E-state index contributed by atoms with van der Waals surface area (Å²) in [5.74, 6) is -1.91. The molecule has 0 aromatic heterocycles. The lowest BCUT2D eigenvalue weighted by molar-refractivity contribution is -0.124. The molecule has 0 aliphatic carbocycles. The molecule has 7 heteroatoms. The first-order valence-electron chi connectivity index (χ1n) is 6.18. The highest BCUT2D eigenvalue weighted by Crippen LogP contribution is 2.20. The molecule has 0 saturated carbocycles. The Bertz CT molecular complexity index is 515. The predicted octanol–water partition coefficient (Wildman–Crippen LogP) is 1.45. The average Bonchev–Trinajstić information content (AvgIpc) is 2.43. The smallest absolute Gasteiger partial charge is 0.230 e. The predicted molar refractivity (Wildman–Crippen MR) is 71.3 cm³/mol. The third kappa shape index (κ3) is 4.19. The van der Waals surface area contributed by atoms with E-state index < -0.39 is 11.6 Å². The maximum atomic E-state index is 13.0. The van der Waals surface area contributed by atoms with Gasteiger partial charge in [0.2, 0.25) is 11.8 Å². The van der Waals surface area contributed by atoms with Crippen molar-refractivity contribution in [3.8, 4) is 0 Å². The van der Waals surface area contributed by atoms with Gasteiger partial charge in [0.05, 0.1) is 5.75 Å². The highest BCUT2D eigenvalue weighted by molar-refractivity contribution is 8.00. The van der Waals surface area contributed by atoms with E-state index in [1.165, 1.54) is 6.07 Å². The van der Waals surface area contributed by atoms with Crippen molar-refractivity contribution in [2.75, 3.05) is 12.3 Å². The summed E-state index contributed by atoms with van der Waals surface area (Å²) in [6, 6.07) is 3.46. The summed E-state index contributed by atoms with van der Waals surface area (Å²) >= 11 is 1.13. The van der Waals surface area contributed by atoms with Crippen LogP contribution in [-0.2, 0) is 9.59 Å². The van der Waals surface area contributed by atoms with Crippen LogP contribution in [0.1, 0.15) is 12.8 Å². The van der Waals surface area contributed by atoms with E-state index in [9.17, 15) is 18.4 Å². The Morgan fingerprint density at radius 3 is 2.85 bits per heavy atom. The summed E-state index contributed by atoms with van der Waals surface area (Å²) < 4.78 is 25.7. The highest BCUT2D eigenvalue weighted by atomic mass is 32.2. The van der Waals surface area contributed by atoms with E-state index in [4.69, 9.17) is 0 Å². The number of carbonyl (C=O) groups is 2. The Labute approximate surface area is 119 Å². The molecule has 0 spiro atoms. The SMILES string of the molecule is O=C1CCC(NC(=O)CSc2ccc(F)c(F)c2)CN1. The van der Waals surface area contributed by atoms with Crippen LogP contribution in [0, 0.1) is 11.6 Å². The molecule has 0 radical (unpaired) electrons. The van der Waals surface area contributed by atoms with Crippen LogP contribution < -0.4 is 10.6 Å². The molecular formula is C13H14F2N2O2S. The van der Waals surface area contributed by atoms with E-state index in [1.54, 1.807) is 0 Å². The van der Waals surface area contributed by atoms with Crippen LogP contribution >= 0.6 is 11.8 Å². The molecule has 2 rings (SSSR count). The van der Waals surface area contributed by atoms with Gasteiger partial charge >= 0.3 is 0 Å². The number of hydrogen-bond acceptors (Lipinski definition) is 3. The number of rotatable bonds is 4. The van der Waals surface area contributed by atoms with Gasteiger partial charge in [-0.15, -0.1) is 11.8 Å². The molecule has 1 aromatic carbocycles. The maximum absolute atomic E-state index is 13.0. The Hall–Kier alpha value is -1.63. The van der Waals surface area contributed by atoms with Crippen molar-refractivity contribution in [2.45, 2.75) is 23.8 Å². The van der Waals surface area contributed by atoms with Gasteiger partial charge in [-0.1, -0.05) is 0 Å². The lowest BCUT2D eigenvalue weighted by atomic mass is 10.1. The van der Waals surface area contributed by atoms with Gasteiger partial charge in [-0.3, -0.25) is 9.59 Å². The molecule has 4 nitrogen and oxygen atoms in total. The van der Waals surface area contributed by atoms with E-state index in [0.29, 0.717) is 24.3 Å². The summed E-state index contributed by atoms with van der Waals surface area (Å²) in [5, 5.41) is 5.47. The van der Waals surface area contributed by atoms with E-state index in [2.05, 4.69) is 10.6 Å². The lowest BCUT2D eigenvalue weighted by Crippen LogP contribution is -2.48. The third-order valence-corrected chi connectivity index (χ3v) is 3.89. The number of piperidine rings is 1. The molecule has 1 atom stereocenters. The third-order valence-electron chi connectivity index (χ3n) is 2.89. The van der Waals surface area contributed by atoms with Gasteiger partial charge < -0.3 is 10.6 Å². The second-order valence-corrected chi connectivity index (χ2v) is 5.52. The van der Waals surface area contributed by atoms with Gasteiger partial charge in [0.25, 0.3) is 0 Å². The summed E-state index contributed by atoms with van der Waals surface area (Å²) in [6.07, 6.45) is 1.02. The zero-order valence-corrected chi connectivity index (χ0v) is 11.4. The Balaban J connectivity index is 1.77. The fraction of sp³-hybridized carbons (Fsp3) is 0.385.